The lowest BCUT2D eigenvalue weighted by Crippen LogP contribution is -2.45. The van der Waals surface area contributed by atoms with Crippen molar-refractivity contribution in [1.82, 2.24) is 5.32 Å². The summed E-state index contributed by atoms with van der Waals surface area (Å²) in [4.78, 5) is 12.4. The summed E-state index contributed by atoms with van der Waals surface area (Å²) in [6.45, 7) is 4.30. The van der Waals surface area contributed by atoms with Gasteiger partial charge in [0.05, 0.1) is 18.8 Å². The first-order chi connectivity index (χ1) is 25.2. The summed E-state index contributed by atoms with van der Waals surface area (Å²) in [6, 6.07) is -0.642. The monoisotopic (exact) mass is 716 g/mol. The van der Waals surface area contributed by atoms with Crippen LogP contribution < -0.4 is 5.32 Å². The molecule has 4 nitrogen and oxygen atoms in total. The molecule has 0 saturated heterocycles. The SMILES string of the molecule is CCCCCCCCCCC/C=C/CC/C=C/CC/C=C/C(O)C(CO)NC(=O)CCCCCCCCCCCCCCCCCCCCCC. The van der Waals surface area contributed by atoms with Gasteiger partial charge < -0.3 is 15.5 Å². The van der Waals surface area contributed by atoms with E-state index in [1.54, 1.807) is 6.08 Å². The van der Waals surface area contributed by atoms with Gasteiger partial charge in [-0.25, -0.2) is 0 Å². The van der Waals surface area contributed by atoms with Crippen molar-refractivity contribution in [3.8, 4) is 0 Å². The van der Waals surface area contributed by atoms with Gasteiger partial charge in [0.25, 0.3) is 0 Å². The maximum Gasteiger partial charge on any atom is 0.220 e. The van der Waals surface area contributed by atoms with Gasteiger partial charge in [0.1, 0.15) is 0 Å². The maximum atomic E-state index is 12.4. The predicted molar refractivity (Wildman–Crippen MR) is 225 cm³/mol. The summed E-state index contributed by atoms with van der Waals surface area (Å²) in [6.07, 6.45) is 56.9. The number of amides is 1. The first-order valence-electron chi connectivity index (χ1n) is 22.7. The quantitative estimate of drug-likeness (QED) is 0.0436. The first kappa shape index (κ1) is 49.6. The number of carbonyl (C=O) groups is 1. The van der Waals surface area contributed by atoms with E-state index in [9.17, 15) is 15.0 Å². The number of hydrogen-bond acceptors (Lipinski definition) is 3. The van der Waals surface area contributed by atoms with Crippen LogP contribution in [-0.2, 0) is 4.79 Å². The molecule has 300 valence electrons. The Kier molecular flexibility index (Phi) is 41.8. The molecule has 0 heterocycles. The van der Waals surface area contributed by atoms with Crippen LogP contribution in [0.25, 0.3) is 0 Å². The molecule has 0 rings (SSSR count). The van der Waals surface area contributed by atoms with Crippen molar-refractivity contribution in [2.75, 3.05) is 6.61 Å². The van der Waals surface area contributed by atoms with Gasteiger partial charge in [-0.2, -0.15) is 0 Å². The molecule has 2 unspecified atom stereocenters. The third kappa shape index (κ3) is 39.6. The van der Waals surface area contributed by atoms with Crippen LogP contribution in [0.1, 0.15) is 239 Å². The molecular formula is C47H89NO3. The van der Waals surface area contributed by atoms with Crippen LogP contribution in [0.2, 0.25) is 0 Å². The van der Waals surface area contributed by atoms with E-state index in [2.05, 4.69) is 43.5 Å². The molecule has 0 aromatic carbocycles. The third-order valence-corrected chi connectivity index (χ3v) is 10.4. The van der Waals surface area contributed by atoms with Crippen LogP contribution in [-0.4, -0.2) is 34.9 Å². The molecule has 0 aromatic heterocycles. The van der Waals surface area contributed by atoms with Crippen LogP contribution in [0.3, 0.4) is 0 Å². The molecule has 0 aliphatic rings. The van der Waals surface area contributed by atoms with Gasteiger partial charge in [0.15, 0.2) is 0 Å². The van der Waals surface area contributed by atoms with Gasteiger partial charge in [-0.15, -0.1) is 0 Å². The predicted octanol–water partition coefficient (Wildman–Crippen LogP) is 14.2. The zero-order valence-corrected chi connectivity index (χ0v) is 34.4. The number of aliphatic hydroxyl groups is 2. The number of allylic oxidation sites excluding steroid dienone is 5. The first-order valence-corrected chi connectivity index (χ1v) is 22.7. The summed E-state index contributed by atoms with van der Waals surface area (Å²) >= 11 is 0. The van der Waals surface area contributed by atoms with Crippen LogP contribution in [0.4, 0.5) is 0 Å². The van der Waals surface area contributed by atoms with Gasteiger partial charge >= 0.3 is 0 Å². The van der Waals surface area contributed by atoms with Crippen molar-refractivity contribution in [3.05, 3.63) is 36.5 Å². The standard InChI is InChI=1S/C47H89NO3/c1-3-5-7-9-11-13-15-17-19-21-23-25-27-29-31-33-35-37-39-41-43-47(51)48-45(44-49)46(50)42-40-38-36-34-32-30-28-26-24-22-20-18-16-14-12-10-8-6-4-2/h24,26,32,34,40,42,45-46,49-50H,3-23,25,27-31,33,35-39,41,43-44H2,1-2H3,(H,48,51)/b26-24+,34-32+,42-40+. The van der Waals surface area contributed by atoms with E-state index in [1.165, 1.54) is 180 Å². The molecule has 0 aliphatic heterocycles. The van der Waals surface area contributed by atoms with Crippen LogP contribution in [0.5, 0.6) is 0 Å². The van der Waals surface area contributed by atoms with E-state index in [-0.39, 0.29) is 12.5 Å². The molecule has 0 radical (unpaired) electrons. The number of aliphatic hydroxyl groups excluding tert-OH is 2. The van der Waals surface area contributed by atoms with Crippen molar-refractivity contribution in [2.24, 2.45) is 0 Å². The molecule has 1 amide bonds. The van der Waals surface area contributed by atoms with Crippen molar-refractivity contribution in [2.45, 2.75) is 251 Å². The Hall–Kier alpha value is -1.39. The largest absolute Gasteiger partial charge is 0.394 e. The summed E-state index contributed by atoms with van der Waals surface area (Å²) in [5.41, 5.74) is 0. The average Bonchev–Trinajstić information content (AvgIpc) is 3.13. The average molecular weight is 716 g/mol. The third-order valence-electron chi connectivity index (χ3n) is 10.4. The zero-order chi connectivity index (χ0) is 37.1. The molecular weight excluding hydrogens is 627 g/mol. The number of carbonyl (C=O) groups excluding carboxylic acids is 1. The molecule has 0 aliphatic carbocycles. The minimum absolute atomic E-state index is 0.0749. The summed E-state index contributed by atoms with van der Waals surface area (Å²) in [7, 11) is 0. The minimum Gasteiger partial charge on any atom is -0.394 e. The molecule has 0 fully saturated rings. The molecule has 0 spiro atoms. The highest BCUT2D eigenvalue weighted by molar-refractivity contribution is 5.76. The van der Waals surface area contributed by atoms with Gasteiger partial charge in [-0.1, -0.05) is 224 Å². The minimum atomic E-state index is -0.867. The molecule has 3 N–H and O–H groups in total. The summed E-state index contributed by atoms with van der Waals surface area (Å²) < 4.78 is 0. The fraction of sp³-hybridized carbons (Fsp3) is 0.851. The Morgan fingerprint density at radius 2 is 0.765 bits per heavy atom. The highest BCUT2D eigenvalue weighted by Gasteiger charge is 2.17. The van der Waals surface area contributed by atoms with E-state index < -0.39 is 12.1 Å². The highest BCUT2D eigenvalue weighted by Crippen LogP contribution is 2.15. The molecule has 0 aromatic rings. The lowest BCUT2D eigenvalue weighted by Gasteiger charge is -2.19. The number of nitrogens with one attached hydrogen (secondary N) is 1. The zero-order valence-electron chi connectivity index (χ0n) is 34.4. The second kappa shape index (κ2) is 43.0. The van der Waals surface area contributed by atoms with Gasteiger partial charge in [0, 0.05) is 6.42 Å². The molecule has 0 bridgehead atoms. The van der Waals surface area contributed by atoms with E-state index in [1.807, 2.05) is 6.08 Å². The second-order valence-corrected chi connectivity index (χ2v) is 15.5. The Balaban J connectivity index is 3.60. The van der Waals surface area contributed by atoms with E-state index in [4.69, 9.17) is 0 Å². The van der Waals surface area contributed by atoms with Gasteiger partial charge in [-0.3, -0.25) is 4.79 Å². The summed E-state index contributed by atoms with van der Waals surface area (Å²) in [5, 5.41) is 23.0. The number of rotatable bonds is 41. The molecule has 4 heteroatoms. The normalized spacial score (nSPS) is 13.3. The number of hydrogen-bond donors (Lipinski definition) is 3. The lowest BCUT2D eigenvalue weighted by molar-refractivity contribution is -0.123. The van der Waals surface area contributed by atoms with Crippen molar-refractivity contribution >= 4 is 5.91 Å². The maximum absolute atomic E-state index is 12.4. The highest BCUT2D eigenvalue weighted by atomic mass is 16.3. The van der Waals surface area contributed by atoms with E-state index >= 15 is 0 Å². The Bertz CT molecular complexity index is 775. The van der Waals surface area contributed by atoms with Gasteiger partial charge in [-0.05, 0) is 44.9 Å². The van der Waals surface area contributed by atoms with Crippen LogP contribution in [0, 0.1) is 0 Å². The van der Waals surface area contributed by atoms with Crippen molar-refractivity contribution < 1.29 is 15.0 Å². The van der Waals surface area contributed by atoms with Crippen molar-refractivity contribution in [3.63, 3.8) is 0 Å². The topological polar surface area (TPSA) is 69.6 Å². The Morgan fingerprint density at radius 1 is 0.451 bits per heavy atom. The van der Waals surface area contributed by atoms with Crippen LogP contribution in [0.15, 0.2) is 36.5 Å². The lowest BCUT2D eigenvalue weighted by atomic mass is 10.0. The Morgan fingerprint density at radius 3 is 1.14 bits per heavy atom. The van der Waals surface area contributed by atoms with Gasteiger partial charge in [0.2, 0.25) is 5.91 Å². The smallest absolute Gasteiger partial charge is 0.220 e. The second-order valence-electron chi connectivity index (χ2n) is 15.5. The Labute approximate surface area is 319 Å². The molecule has 2 atom stereocenters. The van der Waals surface area contributed by atoms with E-state index in [0.29, 0.717) is 6.42 Å². The fourth-order valence-corrected chi connectivity index (χ4v) is 6.86. The van der Waals surface area contributed by atoms with Crippen LogP contribution >= 0.6 is 0 Å². The number of unbranched alkanes of at least 4 members (excludes halogenated alkanes) is 30. The molecule has 51 heavy (non-hydrogen) atoms. The summed E-state index contributed by atoms with van der Waals surface area (Å²) in [5.74, 6) is -0.0749. The van der Waals surface area contributed by atoms with Crippen molar-refractivity contribution in [1.29, 1.82) is 0 Å². The molecule has 0 saturated carbocycles. The van der Waals surface area contributed by atoms with E-state index in [0.717, 1.165) is 38.5 Å². The fourth-order valence-electron chi connectivity index (χ4n) is 6.86.